The van der Waals surface area contributed by atoms with Gasteiger partial charge in [-0.1, -0.05) is 0 Å². The summed E-state index contributed by atoms with van der Waals surface area (Å²) in [5, 5.41) is 13.8. The summed E-state index contributed by atoms with van der Waals surface area (Å²) in [6.07, 6.45) is 0. The largest absolute Gasteiger partial charge is 0.377 e. The monoisotopic (exact) mass is 274 g/mol. The highest BCUT2D eigenvalue weighted by Crippen LogP contribution is 2.26. The molecular weight excluding hydrogens is 260 g/mol. The van der Waals surface area contributed by atoms with Gasteiger partial charge in [0.05, 0.1) is 10.5 Å². The van der Waals surface area contributed by atoms with Crippen molar-refractivity contribution in [1.82, 2.24) is 9.97 Å². The highest BCUT2D eigenvalue weighted by molar-refractivity contribution is 6.28. The molecule has 1 rings (SSSR count). The summed E-state index contributed by atoms with van der Waals surface area (Å²) in [7, 11) is 1.56. The minimum Gasteiger partial charge on any atom is -0.377 e. The lowest BCUT2D eigenvalue weighted by molar-refractivity contribution is -0.385. The van der Waals surface area contributed by atoms with E-state index in [4.69, 9.17) is 16.3 Å². The first-order chi connectivity index (χ1) is 8.26. The lowest BCUT2D eigenvalue weighted by Gasteiger charge is -2.23. The Morgan fingerprint density at radius 2 is 2.11 bits per heavy atom. The molecule has 8 heteroatoms. The second kappa shape index (κ2) is 5.45. The molecule has 7 nitrogen and oxygen atoms in total. The molecule has 0 aliphatic heterocycles. The molecule has 0 bridgehead atoms. The van der Waals surface area contributed by atoms with Gasteiger partial charge in [0.25, 0.3) is 0 Å². The molecule has 1 N–H and O–H groups in total. The van der Waals surface area contributed by atoms with Crippen LogP contribution >= 0.6 is 11.6 Å². The number of aryl methyl sites for hydroxylation is 1. The SMILES string of the molecule is COC(C)(C)CNc1nc(Cl)nc(C)c1[N+](=O)[O-]. The molecule has 0 amide bonds. The van der Waals surface area contributed by atoms with E-state index in [-0.39, 0.29) is 22.5 Å². The summed E-state index contributed by atoms with van der Waals surface area (Å²) in [4.78, 5) is 18.0. The average molecular weight is 275 g/mol. The van der Waals surface area contributed by atoms with E-state index in [1.165, 1.54) is 6.92 Å². The van der Waals surface area contributed by atoms with Crippen molar-refractivity contribution in [1.29, 1.82) is 0 Å². The van der Waals surface area contributed by atoms with Crippen LogP contribution in [0.25, 0.3) is 0 Å². The number of nitrogens with zero attached hydrogens (tertiary/aromatic N) is 3. The topological polar surface area (TPSA) is 90.2 Å². The van der Waals surface area contributed by atoms with E-state index in [0.29, 0.717) is 6.54 Å². The number of halogens is 1. The standard InChI is InChI=1S/C10H15ClN4O3/c1-6-7(15(16)17)8(14-9(11)13-6)12-5-10(2,3)18-4/h5H2,1-4H3,(H,12,13,14). The number of ether oxygens (including phenoxy) is 1. The fourth-order valence-electron chi connectivity index (χ4n) is 1.24. The zero-order chi connectivity index (χ0) is 13.9. The van der Waals surface area contributed by atoms with Crippen LogP contribution in [0.15, 0.2) is 0 Å². The third-order valence-corrected chi connectivity index (χ3v) is 2.62. The highest BCUT2D eigenvalue weighted by Gasteiger charge is 2.24. The minimum atomic E-state index is -0.534. The van der Waals surface area contributed by atoms with E-state index >= 15 is 0 Å². The van der Waals surface area contributed by atoms with E-state index in [1.807, 2.05) is 13.8 Å². The van der Waals surface area contributed by atoms with Crippen LogP contribution in [0.2, 0.25) is 5.28 Å². The van der Waals surface area contributed by atoms with Crippen molar-refractivity contribution in [2.45, 2.75) is 26.4 Å². The number of hydrogen-bond donors (Lipinski definition) is 1. The molecule has 0 aliphatic carbocycles. The Bertz CT molecular complexity index is 465. The van der Waals surface area contributed by atoms with Crippen LogP contribution in [0.1, 0.15) is 19.5 Å². The molecule has 0 spiro atoms. The van der Waals surface area contributed by atoms with Crippen LogP contribution in [0, 0.1) is 17.0 Å². The third kappa shape index (κ3) is 3.51. The summed E-state index contributed by atoms with van der Waals surface area (Å²) in [6, 6.07) is 0. The second-order valence-corrected chi connectivity index (χ2v) is 4.69. The lowest BCUT2D eigenvalue weighted by atomic mass is 10.1. The molecule has 0 fully saturated rings. The molecule has 1 heterocycles. The van der Waals surface area contributed by atoms with Gasteiger partial charge in [0.15, 0.2) is 0 Å². The molecule has 0 radical (unpaired) electrons. The van der Waals surface area contributed by atoms with Crippen molar-refractivity contribution in [3.8, 4) is 0 Å². The quantitative estimate of drug-likeness (QED) is 0.503. The second-order valence-electron chi connectivity index (χ2n) is 4.35. The fourth-order valence-corrected chi connectivity index (χ4v) is 1.45. The van der Waals surface area contributed by atoms with Gasteiger partial charge in [-0.05, 0) is 32.4 Å². The summed E-state index contributed by atoms with van der Waals surface area (Å²) in [5.41, 5.74) is -0.428. The smallest absolute Gasteiger partial charge is 0.332 e. The van der Waals surface area contributed by atoms with Gasteiger partial charge in [-0.15, -0.1) is 0 Å². The van der Waals surface area contributed by atoms with Gasteiger partial charge in [0, 0.05) is 13.7 Å². The number of rotatable bonds is 5. The normalized spacial score (nSPS) is 11.4. The van der Waals surface area contributed by atoms with Crippen LogP contribution in [-0.4, -0.2) is 34.1 Å². The summed E-state index contributed by atoms with van der Waals surface area (Å²) >= 11 is 5.69. The zero-order valence-electron chi connectivity index (χ0n) is 10.7. The average Bonchev–Trinajstić information content (AvgIpc) is 2.25. The Balaban J connectivity index is 3.04. The first kappa shape index (κ1) is 14.6. The first-order valence-electron chi connectivity index (χ1n) is 5.24. The van der Waals surface area contributed by atoms with Gasteiger partial charge in [-0.3, -0.25) is 10.1 Å². The van der Waals surface area contributed by atoms with Crippen LogP contribution in [0.5, 0.6) is 0 Å². The van der Waals surface area contributed by atoms with Gasteiger partial charge >= 0.3 is 5.69 Å². The van der Waals surface area contributed by atoms with E-state index in [9.17, 15) is 10.1 Å². The van der Waals surface area contributed by atoms with Gasteiger partial charge in [0.2, 0.25) is 11.1 Å². The number of nitrogens with one attached hydrogen (secondary N) is 1. The van der Waals surface area contributed by atoms with Gasteiger partial charge in [-0.25, -0.2) is 4.98 Å². The Hall–Kier alpha value is -1.47. The van der Waals surface area contributed by atoms with E-state index < -0.39 is 10.5 Å². The Labute approximate surface area is 110 Å². The summed E-state index contributed by atoms with van der Waals surface area (Å²) in [6.45, 7) is 5.57. The lowest BCUT2D eigenvalue weighted by Crippen LogP contribution is -2.32. The van der Waals surface area contributed by atoms with Crippen LogP contribution in [0.3, 0.4) is 0 Å². The maximum absolute atomic E-state index is 11.0. The molecular formula is C10H15ClN4O3. The molecule has 0 aliphatic rings. The van der Waals surface area contributed by atoms with Gasteiger partial charge in [-0.2, -0.15) is 4.98 Å². The van der Waals surface area contributed by atoms with Gasteiger partial charge in [0.1, 0.15) is 5.69 Å². The van der Waals surface area contributed by atoms with Crippen molar-refractivity contribution in [3.05, 3.63) is 21.1 Å². The van der Waals surface area contributed by atoms with E-state index in [2.05, 4.69) is 15.3 Å². The van der Waals surface area contributed by atoms with Gasteiger partial charge < -0.3 is 10.1 Å². The molecule has 0 atom stereocenters. The highest BCUT2D eigenvalue weighted by atomic mass is 35.5. The zero-order valence-corrected chi connectivity index (χ0v) is 11.4. The molecule has 1 aromatic heterocycles. The molecule has 0 saturated carbocycles. The first-order valence-corrected chi connectivity index (χ1v) is 5.62. The van der Waals surface area contributed by atoms with E-state index in [0.717, 1.165) is 0 Å². The molecule has 0 aromatic carbocycles. The molecule has 0 saturated heterocycles. The molecule has 100 valence electrons. The van der Waals surface area contributed by atoms with Crippen molar-refractivity contribution in [2.24, 2.45) is 0 Å². The maximum atomic E-state index is 11.0. The maximum Gasteiger partial charge on any atom is 0.332 e. The molecule has 0 unspecified atom stereocenters. The minimum absolute atomic E-state index is 0.0316. The number of nitro groups is 1. The molecule has 1 aromatic rings. The van der Waals surface area contributed by atoms with Crippen LogP contribution in [-0.2, 0) is 4.74 Å². The Morgan fingerprint density at radius 1 is 1.50 bits per heavy atom. The van der Waals surface area contributed by atoms with Crippen molar-refractivity contribution in [3.63, 3.8) is 0 Å². The predicted molar refractivity (Wildman–Crippen MR) is 68.0 cm³/mol. The fraction of sp³-hybridized carbons (Fsp3) is 0.600. The number of aromatic nitrogens is 2. The summed E-state index contributed by atoms with van der Waals surface area (Å²) in [5.74, 6) is 0.0997. The predicted octanol–water partition coefficient (Wildman–Crippen LogP) is 2.18. The molecule has 18 heavy (non-hydrogen) atoms. The van der Waals surface area contributed by atoms with Crippen LogP contribution in [0.4, 0.5) is 11.5 Å². The van der Waals surface area contributed by atoms with Crippen molar-refractivity contribution in [2.75, 3.05) is 19.0 Å². The third-order valence-electron chi connectivity index (χ3n) is 2.45. The van der Waals surface area contributed by atoms with Crippen molar-refractivity contribution < 1.29 is 9.66 Å². The number of anilines is 1. The van der Waals surface area contributed by atoms with Crippen molar-refractivity contribution >= 4 is 23.1 Å². The Morgan fingerprint density at radius 3 is 2.61 bits per heavy atom. The Kier molecular flexibility index (Phi) is 4.42. The summed E-state index contributed by atoms with van der Waals surface area (Å²) < 4.78 is 5.21. The number of hydrogen-bond acceptors (Lipinski definition) is 6. The van der Waals surface area contributed by atoms with E-state index in [1.54, 1.807) is 7.11 Å². The van der Waals surface area contributed by atoms with Crippen LogP contribution < -0.4 is 5.32 Å². The number of methoxy groups -OCH3 is 1.